The van der Waals surface area contributed by atoms with Crippen molar-refractivity contribution in [2.45, 2.75) is 6.54 Å². The SMILES string of the molecule is OC/C=C/Cn1c(-c2ccc(O)cc2)cc2c3ccccc3ccc21. The maximum absolute atomic E-state index is 9.58. The molecule has 1 aromatic heterocycles. The molecule has 3 aromatic carbocycles. The molecule has 0 aliphatic heterocycles. The van der Waals surface area contributed by atoms with Gasteiger partial charge in [-0.25, -0.2) is 0 Å². The number of aliphatic hydroxyl groups is 1. The van der Waals surface area contributed by atoms with Gasteiger partial charge in [-0.3, -0.25) is 0 Å². The van der Waals surface area contributed by atoms with Gasteiger partial charge in [-0.1, -0.05) is 42.5 Å². The highest BCUT2D eigenvalue weighted by atomic mass is 16.3. The summed E-state index contributed by atoms with van der Waals surface area (Å²) in [5.74, 6) is 0.261. The summed E-state index contributed by atoms with van der Waals surface area (Å²) in [5, 5.41) is 22.3. The highest BCUT2D eigenvalue weighted by Gasteiger charge is 2.12. The van der Waals surface area contributed by atoms with Crippen LogP contribution in [0.25, 0.3) is 32.9 Å². The van der Waals surface area contributed by atoms with Crippen molar-refractivity contribution in [1.29, 1.82) is 0 Å². The van der Waals surface area contributed by atoms with E-state index in [2.05, 4.69) is 47.0 Å². The van der Waals surface area contributed by atoms with Crippen molar-refractivity contribution >= 4 is 21.7 Å². The first-order chi connectivity index (χ1) is 12.3. The van der Waals surface area contributed by atoms with E-state index < -0.39 is 0 Å². The smallest absolute Gasteiger partial charge is 0.115 e. The lowest BCUT2D eigenvalue weighted by Gasteiger charge is -2.09. The normalized spacial score (nSPS) is 11.7. The number of fused-ring (bicyclic) bond motifs is 3. The molecule has 0 radical (unpaired) electrons. The highest BCUT2D eigenvalue weighted by molar-refractivity contribution is 6.08. The molecule has 4 aromatic rings. The van der Waals surface area contributed by atoms with Crippen LogP contribution in [0.3, 0.4) is 0 Å². The van der Waals surface area contributed by atoms with E-state index in [1.54, 1.807) is 18.2 Å². The number of aromatic nitrogens is 1. The Kier molecular flexibility index (Phi) is 4.00. The first kappa shape index (κ1) is 15.5. The predicted octanol–water partition coefficient (Wildman–Crippen LogP) is 4.72. The fourth-order valence-corrected chi connectivity index (χ4v) is 3.34. The molecule has 0 fully saturated rings. The van der Waals surface area contributed by atoms with E-state index in [9.17, 15) is 5.11 Å². The lowest BCUT2D eigenvalue weighted by molar-refractivity contribution is 0.342. The summed E-state index contributed by atoms with van der Waals surface area (Å²) < 4.78 is 2.24. The van der Waals surface area contributed by atoms with Crippen LogP contribution in [0.1, 0.15) is 0 Å². The Balaban J connectivity index is 1.98. The minimum atomic E-state index is 0.0384. The molecule has 4 rings (SSSR count). The molecular weight excluding hydrogens is 310 g/mol. The van der Waals surface area contributed by atoms with Gasteiger partial charge < -0.3 is 14.8 Å². The zero-order valence-corrected chi connectivity index (χ0v) is 13.8. The zero-order valence-electron chi connectivity index (χ0n) is 13.8. The molecule has 0 aliphatic carbocycles. The Morgan fingerprint density at radius 3 is 2.44 bits per heavy atom. The Labute approximate surface area is 146 Å². The number of allylic oxidation sites excluding steroid dienone is 1. The van der Waals surface area contributed by atoms with Crippen molar-refractivity contribution in [3.05, 3.63) is 78.9 Å². The second-order valence-electron chi connectivity index (χ2n) is 6.06. The number of phenols is 1. The number of benzene rings is 3. The quantitative estimate of drug-likeness (QED) is 0.532. The maximum Gasteiger partial charge on any atom is 0.115 e. The van der Waals surface area contributed by atoms with Gasteiger partial charge in [-0.05, 0) is 52.7 Å². The third-order valence-electron chi connectivity index (χ3n) is 4.53. The van der Waals surface area contributed by atoms with E-state index in [1.165, 1.54) is 16.2 Å². The number of nitrogens with zero attached hydrogens (tertiary/aromatic N) is 1. The van der Waals surface area contributed by atoms with Crippen molar-refractivity contribution < 1.29 is 10.2 Å². The molecule has 0 unspecified atom stereocenters. The van der Waals surface area contributed by atoms with Gasteiger partial charge >= 0.3 is 0 Å². The summed E-state index contributed by atoms with van der Waals surface area (Å²) in [6, 6.07) is 22.1. The van der Waals surface area contributed by atoms with Crippen LogP contribution in [-0.4, -0.2) is 21.4 Å². The number of aromatic hydroxyl groups is 1. The second kappa shape index (κ2) is 6.46. The van der Waals surface area contributed by atoms with Crippen molar-refractivity contribution in [3.63, 3.8) is 0 Å². The maximum atomic E-state index is 9.58. The molecule has 0 saturated carbocycles. The van der Waals surface area contributed by atoms with E-state index in [4.69, 9.17) is 5.11 Å². The standard InChI is InChI=1S/C22H19NO2/c24-14-4-3-13-23-21-12-9-16-5-1-2-6-19(16)20(21)15-22(23)17-7-10-18(25)11-8-17/h1-12,15,24-25H,13-14H2/b4-3+. The molecule has 3 heteroatoms. The first-order valence-corrected chi connectivity index (χ1v) is 8.34. The summed E-state index contributed by atoms with van der Waals surface area (Å²) in [4.78, 5) is 0. The number of aliphatic hydroxyl groups excluding tert-OH is 1. The molecule has 0 saturated heterocycles. The summed E-state index contributed by atoms with van der Waals surface area (Å²) in [6.45, 7) is 0.718. The highest BCUT2D eigenvalue weighted by Crippen LogP contribution is 2.33. The molecule has 1 heterocycles. The van der Waals surface area contributed by atoms with E-state index >= 15 is 0 Å². The minimum absolute atomic E-state index is 0.0384. The van der Waals surface area contributed by atoms with Crippen LogP contribution in [0, 0.1) is 0 Å². The summed E-state index contributed by atoms with van der Waals surface area (Å²) >= 11 is 0. The van der Waals surface area contributed by atoms with Crippen molar-refractivity contribution in [2.24, 2.45) is 0 Å². The van der Waals surface area contributed by atoms with Gasteiger partial charge in [0, 0.05) is 23.1 Å². The van der Waals surface area contributed by atoms with Crippen LogP contribution in [0.2, 0.25) is 0 Å². The van der Waals surface area contributed by atoms with Gasteiger partial charge in [0.15, 0.2) is 0 Å². The Morgan fingerprint density at radius 2 is 1.64 bits per heavy atom. The van der Waals surface area contributed by atoms with Crippen LogP contribution < -0.4 is 0 Å². The summed E-state index contributed by atoms with van der Waals surface area (Å²) in [6.07, 6.45) is 3.73. The fraction of sp³-hybridized carbons (Fsp3) is 0.0909. The molecule has 0 amide bonds. The monoisotopic (exact) mass is 329 g/mol. The molecule has 25 heavy (non-hydrogen) atoms. The third kappa shape index (κ3) is 2.79. The number of hydrogen-bond acceptors (Lipinski definition) is 2. The molecule has 2 N–H and O–H groups in total. The van der Waals surface area contributed by atoms with E-state index in [0.717, 1.165) is 16.8 Å². The number of hydrogen-bond donors (Lipinski definition) is 2. The van der Waals surface area contributed by atoms with Crippen LogP contribution in [0.4, 0.5) is 0 Å². The first-order valence-electron chi connectivity index (χ1n) is 8.34. The van der Waals surface area contributed by atoms with Gasteiger partial charge in [-0.15, -0.1) is 0 Å². The van der Waals surface area contributed by atoms with Crippen LogP contribution >= 0.6 is 0 Å². The average Bonchev–Trinajstić information content (AvgIpc) is 3.02. The van der Waals surface area contributed by atoms with E-state index in [0.29, 0.717) is 6.54 Å². The van der Waals surface area contributed by atoms with Crippen molar-refractivity contribution in [1.82, 2.24) is 4.57 Å². The largest absolute Gasteiger partial charge is 0.508 e. The summed E-state index contributed by atoms with van der Waals surface area (Å²) in [7, 11) is 0. The molecule has 0 spiro atoms. The molecular formula is C22H19NO2. The Hall–Kier alpha value is -3.04. The molecule has 3 nitrogen and oxygen atoms in total. The van der Waals surface area contributed by atoms with Crippen LogP contribution in [0.5, 0.6) is 5.75 Å². The molecule has 124 valence electrons. The second-order valence-corrected chi connectivity index (χ2v) is 6.06. The molecule has 0 aliphatic rings. The fourth-order valence-electron chi connectivity index (χ4n) is 3.34. The van der Waals surface area contributed by atoms with Crippen LogP contribution in [-0.2, 0) is 6.54 Å². The lowest BCUT2D eigenvalue weighted by atomic mass is 10.1. The molecule has 0 atom stereocenters. The van der Waals surface area contributed by atoms with Gasteiger partial charge in [0.25, 0.3) is 0 Å². The van der Waals surface area contributed by atoms with Gasteiger partial charge in [0.2, 0.25) is 0 Å². The lowest BCUT2D eigenvalue weighted by Crippen LogP contribution is -1.98. The third-order valence-corrected chi connectivity index (χ3v) is 4.53. The average molecular weight is 329 g/mol. The minimum Gasteiger partial charge on any atom is -0.508 e. The zero-order chi connectivity index (χ0) is 17.2. The predicted molar refractivity (Wildman–Crippen MR) is 103 cm³/mol. The van der Waals surface area contributed by atoms with Gasteiger partial charge in [0.05, 0.1) is 6.61 Å². The van der Waals surface area contributed by atoms with E-state index in [1.807, 2.05) is 18.2 Å². The molecule has 0 bridgehead atoms. The van der Waals surface area contributed by atoms with E-state index in [-0.39, 0.29) is 12.4 Å². The number of phenolic OH excluding ortho intramolecular Hbond substituents is 1. The van der Waals surface area contributed by atoms with Gasteiger partial charge in [0.1, 0.15) is 5.75 Å². The Bertz CT molecular complexity index is 1060. The van der Waals surface area contributed by atoms with Crippen LogP contribution in [0.15, 0.2) is 78.9 Å². The van der Waals surface area contributed by atoms with Crippen molar-refractivity contribution in [2.75, 3.05) is 6.61 Å². The van der Waals surface area contributed by atoms with Crippen molar-refractivity contribution in [3.8, 4) is 17.0 Å². The summed E-state index contributed by atoms with van der Waals surface area (Å²) in [5.41, 5.74) is 3.30. The van der Waals surface area contributed by atoms with Gasteiger partial charge in [-0.2, -0.15) is 0 Å². The Morgan fingerprint density at radius 1 is 0.840 bits per heavy atom. The number of rotatable bonds is 4. The topological polar surface area (TPSA) is 45.4 Å².